The molecule has 23 heteroatoms. The maximum Gasteiger partial charge on any atom is 0.403 e. The van der Waals surface area contributed by atoms with Crippen molar-refractivity contribution in [1.82, 2.24) is 0 Å². The molecule has 71 heavy (non-hydrogen) atoms. The topological polar surface area (TPSA) is 359 Å². The van der Waals surface area contributed by atoms with Crippen molar-refractivity contribution < 1.29 is 107 Å². The molecule has 0 unspecified atom stereocenters. The van der Waals surface area contributed by atoms with E-state index in [2.05, 4.69) is 40.7 Å². The van der Waals surface area contributed by atoms with Crippen molar-refractivity contribution in [3.8, 4) is 0 Å². The predicted octanol–water partition coefficient (Wildman–Crippen LogP) is -1.63. The van der Waals surface area contributed by atoms with Gasteiger partial charge in [0.15, 0.2) is 12.4 Å². The van der Waals surface area contributed by atoms with E-state index < -0.39 is 168 Å². The van der Waals surface area contributed by atoms with Gasteiger partial charge in [-0.25, -0.2) is 8.37 Å². The average Bonchev–Trinajstić information content (AvgIpc) is 3.29. The highest BCUT2D eigenvalue weighted by Gasteiger charge is 2.72. The van der Waals surface area contributed by atoms with Crippen LogP contribution >= 0.6 is 0 Å². The van der Waals surface area contributed by atoms with E-state index in [1.807, 2.05) is 13.8 Å². The molecule has 7 fully saturated rings. The summed E-state index contributed by atoms with van der Waals surface area (Å²) in [7, 11) is -5.32. The van der Waals surface area contributed by atoms with Gasteiger partial charge in [0.2, 0.25) is 12.6 Å². The van der Waals surface area contributed by atoms with Crippen molar-refractivity contribution in [3.05, 3.63) is 11.6 Å². The van der Waals surface area contributed by atoms with Gasteiger partial charge >= 0.3 is 16.4 Å². The van der Waals surface area contributed by atoms with Crippen LogP contribution in [0.5, 0.6) is 0 Å². The van der Waals surface area contributed by atoms with Crippen LogP contribution in [0.15, 0.2) is 11.6 Å². The molecule has 0 spiro atoms. The molecule has 0 radical (unpaired) electrons. The van der Waals surface area contributed by atoms with E-state index in [-0.39, 0.29) is 35.5 Å². The Kier molecular flexibility index (Phi) is 15.3. The Morgan fingerprint density at radius 3 is 1.77 bits per heavy atom. The zero-order valence-electron chi connectivity index (χ0n) is 41.5. The van der Waals surface area contributed by atoms with E-state index >= 15 is 0 Å². The molecule has 4 saturated carbocycles. The number of carbonyl (C=O) groups excluding carboxylic acids is 1. The summed E-state index contributed by atoms with van der Waals surface area (Å²) in [6.45, 7) is 12.8. The Balaban J connectivity index is 1.04. The number of aliphatic hydroxyl groups excluding tert-OH is 12. The lowest BCUT2D eigenvalue weighted by Crippen LogP contribution is -2.68. The summed E-state index contributed by atoms with van der Waals surface area (Å²) in [6.07, 6.45) is -21.7. The number of aliphatic hydroxyl groups is 12. The normalized spacial score (nSPS) is 51.7. The van der Waals surface area contributed by atoms with Crippen molar-refractivity contribution >= 4 is 16.4 Å². The molecule has 12 N–H and O–H groups in total. The van der Waals surface area contributed by atoms with Crippen molar-refractivity contribution in [1.29, 1.82) is 0 Å². The number of allylic oxidation sites excluding steroid dienone is 2. The largest absolute Gasteiger partial charge is 0.432 e. The van der Waals surface area contributed by atoms with Gasteiger partial charge in [0.05, 0.1) is 32.0 Å². The van der Waals surface area contributed by atoms with Gasteiger partial charge in [0, 0.05) is 0 Å². The Labute approximate surface area is 414 Å². The fourth-order valence-corrected chi connectivity index (χ4v) is 16.1. The van der Waals surface area contributed by atoms with Crippen molar-refractivity contribution in [2.75, 3.05) is 19.8 Å². The van der Waals surface area contributed by atoms with Gasteiger partial charge in [-0.3, -0.25) is 4.79 Å². The van der Waals surface area contributed by atoms with Gasteiger partial charge in [-0.2, -0.15) is 8.42 Å². The Morgan fingerprint density at radius 2 is 1.18 bits per heavy atom. The minimum atomic E-state index is -5.32. The standard InChI is InChI=1S/C48H78O22S/c1-43(2)14-15-48(42(61)68-39-36(59)33(56)30(53)23(18-49)64-39)22(16-43)21-8-9-27-45(5)12-11-29(44(3,4)26(45)10-13-46(27,6)47(21,7)17-28(48)52)67-41-38(35(58)32(55)25(20-51)66-41)69-71(62,63)70-40-37(60)34(57)31(54)24(19-50)65-40/h8,22-41,49-60H,9-20H2,1-7H3/t22-,23+,24+,25+,26-,27+,28+,29-,30+,31+,32+,33-,34-,35-,36+,37+,38+,39-,40-,41-,45+,46-,47-,48-/m1/s1. The third-order valence-corrected chi connectivity index (χ3v) is 20.4. The van der Waals surface area contributed by atoms with Gasteiger partial charge < -0.3 is 85.0 Å². The first-order valence-corrected chi connectivity index (χ1v) is 26.4. The molecule has 24 atom stereocenters. The summed E-state index contributed by atoms with van der Waals surface area (Å²) < 4.78 is 66.3. The van der Waals surface area contributed by atoms with Crippen LogP contribution in [0.3, 0.4) is 0 Å². The van der Waals surface area contributed by atoms with Crippen LogP contribution < -0.4 is 0 Å². The number of rotatable bonds is 11. The summed E-state index contributed by atoms with van der Waals surface area (Å²) in [5, 5.41) is 127. The second kappa shape index (κ2) is 19.5. The molecule has 3 aliphatic heterocycles. The van der Waals surface area contributed by atoms with Gasteiger partial charge in [-0.05, 0) is 103 Å². The van der Waals surface area contributed by atoms with Crippen LogP contribution in [0.4, 0.5) is 0 Å². The zero-order valence-corrected chi connectivity index (χ0v) is 42.3. The molecule has 0 aromatic carbocycles. The summed E-state index contributed by atoms with van der Waals surface area (Å²) >= 11 is 0. The van der Waals surface area contributed by atoms with E-state index in [0.717, 1.165) is 5.57 Å². The monoisotopic (exact) mass is 1040 g/mol. The molecule has 408 valence electrons. The molecule has 0 aromatic rings. The zero-order chi connectivity index (χ0) is 52.3. The summed E-state index contributed by atoms with van der Waals surface area (Å²) in [4.78, 5) is 14.7. The molecular formula is C48H78O22S. The van der Waals surface area contributed by atoms with E-state index in [1.54, 1.807) is 0 Å². The van der Waals surface area contributed by atoms with Gasteiger partial charge in [-0.1, -0.05) is 60.1 Å². The van der Waals surface area contributed by atoms with Crippen LogP contribution in [0.25, 0.3) is 0 Å². The minimum Gasteiger partial charge on any atom is -0.432 e. The van der Waals surface area contributed by atoms with Crippen LogP contribution in [0.1, 0.15) is 106 Å². The highest BCUT2D eigenvalue weighted by molar-refractivity contribution is 7.81. The Bertz CT molecular complexity index is 2090. The van der Waals surface area contributed by atoms with E-state index in [0.29, 0.717) is 44.9 Å². The summed E-state index contributed by atoms with van der Waals surface area (Å²) in [5.41, 5.74) is -2.60. The average molecular weight is 1040 g/mol. The fourth-order valence-electron chi connectivity index (χ4n) is 15.2. The van der Waals surface area contributed by atoms with Gasteiger partial charge in [-0.15, -0.1) is 0 Å². The Hall–Kier alpha value is -1.56. The number of carbonyl (C=O) groups is 1. The van der Waals surface area contributed by atoms with Crippen LogP contribution in [0, 0.1) is 50.2 Å². The summed E-state index contributed by atoms with van der Waals surface area (Å²) in [5.74, 6) is -1.20. The molecule has 8 rings (SSSR count). The van der Waals surface area contributed by atoms with Gasteiger partial charge in [0.1, 0.15) is 72.6 Å². The lowest BCUT2D eigenvalue weighted by Gasteiger charge is -2.71. The van der Waals surface area contributed by atoms with Crippen molar-refractivity contribution in [2.45, 2.75) is 211 Å². The van der Waals surface area contributed by atoms with Crippen molar-refractivity contribution in [2.24, 2.45) is 50.2 Å². The van der Waals surface area contributed by atoms with E-state index in [1.165, 1.54) is 0 Å². The third-order valence-electron chi connectivity index (χ3n) is 19.5. The third kappa shape index (κ3) is 8.98. The maximum absolute atomic E-state index is 14.7. The molecule has 5 aliphatic carbocycles. The molecule has 0 aromatic heterocycles. The van der Waals surface area contributed by atoms with E-state index in [9.17, 15) is 74.5 Å². The first-order chi connectivity index (χ1) is 33.0. The fraction of sp³-hybridized carbons (Fsp3) is 0.938. The first kappa shape index (κ1) is 55.7. The number of esters is 1. The Morgan fingerprint density at radius 1 is 0.634 bits per heavy atom. The van der Waals surface area contributed by atoms with Gasteiger partial charge in [0.25, 0.3) is 0 Å². The highest BCUT2D eigenvalue weighted by atomic mass is 32.3. The molecule has 22 nitrogen and oxygen atoms in total. The second-order valence-electron chi connectivity index (χ2n) is 24.0. The van der Waals surface area contributed by atoms with Crippen LogP contribution in [0.2, 0.25) is 0 Å². The molecule has 3 saturated heterocycles. The molecule has 3 heterocycles. The first-order valence-electron chi connectivity index (χ1n) is 25.1. The lowest BCUT2D eigenvalue weighted by molar-refractivity contribution is -0.327. The summed E-state index contributed by atoms with van der Waals surface area (Å²) in [6, 6.07) is 0. The lowest BCUT2D eigenvalue weighted by atomic mass is 9.33. The number of hydrogen-bond acceptors (Lipinski definition) is 22. The quantitative estimate of drug-likeness (QED) is 0.0628. The number of fused-ring (bicyclic) bond motifs is 7. The van der Waals surface area contributed by atoms with Crippen LogP contribution in [-0.4, -0.2) is 200 Å². The van der Waals surface area contributed by atoms with E-state index in [4.69, 9.17) is 32.1 Å². The molecule has 0 bridgehead atoms. The number of hydrogen-bond donors (Lipinski definition) is 12. The SMILES string of the molecule is CC1(C)CC[C@@]2(C(=O)O[C@H]3O[C@@H](CO)[C@H](O)[C@@H](O)[C@@H]3O)[C@H](C1)C1=CC[C@H]3[C@@]4(C)CC[C@@H](O[C@H]5O[C@@H](CO)[C@H](O)[C@@H](O)[C@@H]5OS(=O)(=O)O[C@H]5O[C@@H](CO)[C@H](O)[C@@H](O)[C@@H]5O)C(C)(C)[C@H]4CC[C@@]3(C)[C@]1(C)C[C@@H]2O. The second-order valence-corrected chi connectivity index (χ2v) is 25.2. The van der Waals surface area contributed by atoms with Crippen LogP contribution in [-0.2, 0) is 47.2 Å². The maximum atomic E-state index is 14.7. The highest BCUT2D eigenvalue weighted by Crippen LogP contribution is 2.76. The minimum absolute atomic E-state index is 0.0227. The smallest absolute Gasteiger partial charge is 0.403 e. The predicted molar refractivity (Wildman–Crippen MR) is 242 cm³/mol. The molecule has 8 aliphatic rings. The number of ether oxygens (including phenoxy) is 5. The molecular weight excluding hydrogens is 961 g/mol. The van der Waals surface area contributed by atoms with Crippen molar-refractivity contribution in [3.63, 3.8) is 0 Å². The molecule has 0 amide bonds.